The molecule has 1 aliphatic heterocycles. The molecule has 0 aromatic carbocycles. The Bertz CT molecular complexity index is 390. The van der Waals surface area contributed by atoms with Gasteiger partial charge in [0, 0.05) is 18.0 Å². The number of hydrogen-bond acceptors (Lipinski definition) is 4. The second kappa shape index (κ2) is 6.16. The quantitative estimate of drug-likeness (QED) is 0.669. The summed E-state index contributed by atoms with van der Waals surface area (Å²) < 4.78 is 22.4. The molecule has 0 aliphatic carbocycles. The summed E-state index contributed by atoms with van der Waals surface area (Å²) >= 11 is 0. The zero-order chi connectivity index (χ0) is 12.9. The van der Waals surface area contributed by atoms with E-state index in [-0.39, 0.29) is 23.7 Å². The minimum atomic E-state index is -3.06. The number of nitrogens with one attached hydrogen (secondary N) is 2. The summed E-state index contributed by atoms with van der Waals surface area (Å²) in [5, 5.41) is 6.99. The SMILES string of the molecule is CCCCNC(=O)C(C)NC1C=CS(=O)(=O)C1. The Morgan fingerprint density at radius 3 is 2.76 bits per heavy atom. The van der Waals surface area contributed by atoms with Crippen molar-refractivity contribution in [3.63, 3.8) is 0 Å². The predicted molar refractivity (Wildman–Crippen MR) is 67.2 cm³/mol. The molecule has 6 heteroatoms. The van der Waals surface area contributed by atoms with Gasteiger partial charge in [0.15, 0.2) is 9.84 Å². The van der Waals surface area contributed by atoms with E-state index in [9.17, 15) is 13.2 Å². The molecule has 0 aromatic heterocycles. The number of carbonyl (C=O) groups excluding carboxylic acids is 1. The van der Waals surface area contributed by atoms with Crippen molar-refractivity contribution in [2.75, 3.05) is 12.3 Å². The Balaban J connectivity index is 2.32. The van der Waals surface area contributed by atoms with Crippen LogP contribution in [0.25, 0.3) is 0 Å². The average Bonchev–Trinajstić information content (AvgIpc) is 2.58. The van der Waals surface area contributed by atoms with E-state index in [0.717, 1.165) is 12.8 Å². The third-order valence-corrected chi connectivity index (χ3v) is 4.01. The topological polar surface area (TPSA) is 75.3 Å². The predicted octanol–water partition coefficient (Wildman–Crippen LogP) is 0.192. The lowest BCUT2D eigenvalue weighted by molar-refractivity contribution is -0.122. The van der Waals surface area contributed by atoms with E-state index in [2.05, 4.69) is 17.6 Å². The second-order valence-electron chi connectivity index (χ2n) is 4.30. The van der Waals surface area contributed by atoms with Crippen molar-refractivity contribution in [3.8, 4) is 0 Å². The first-order valence-electron chi connectivity index (χ1n) is 5.89. The van der Waals surface area contributed by atoms with E-state index in [4.69, 9.17) is 0 Å². The fourth-order valence-corrected chi connectivity index (χ4v) is 2.87. The fraction of sp³-hybridized carbons (Fsp3) is 0.727. The molecule has 0 aromatic rings. The molecular weight excluding hydrogens is 240 g/mol. The molecule has 0 spiro atoms. The maximum absolute atomic E-state index is 11.6. The average molecular weight is 260 g/mol. The molecule has 2 unspecified atom stereocenters. The van der Waals surface area contributed by atoms with Gasteiger partial charge in [0.25, 0.3) is 0 Å². The van der Waals surface area contributed by atoms with Crippen LogP contribution in [-0.4, -0.2) is 38.7 Å². The molecule has 17 heavy (non-hydrogen) atoms. The molecule has 0 saturated heterocycles. The van der Waals surface area contributed by atoms with Crippen molar-refractivity contribution in [1.82, 2.24) is 10.6 Å². The molecule has 1 aliphatic rings. The highest BCUT2D eigenvalue weighted by Gasteiger charge is 2.24. The van der Waals surface area contributed by atoms with Gasteiger partial charge >= 0.3 is 0 Å². The lowest BCUT2D eigenvalue weighted by Gasteiger charge is -2.17. The zero-order valence-corrected chi connectivity index (χ0v) is 11.1. The maximum atomic E-state index is 11.6. The highest BCUT2D eigenvalue weighted by molar-refractivity contribution is 7.94. The van der Waals surface area contributed by atoms with Crippen LogP contribution in [0.3, 0.4) is 0 Å². The zero-order valence-electron chi connectivity index (χ0n) is 10.3. The van der Waals surface area contributed by atoms with Gasteiger partial charge in [-0.3, -0.25) is 10.1 Å². The molecule has 1 rings (SSSR count). The number of unbranched alkanes of at least 4 members (excludes halogenated alkanes) is 1. The summed E-state index contributed by atoms with van der Waals surface area (Å²) in [6.07, 6.45) is 3.58. The van der Waals surface area contributed by atoms with Crippen LogP contribution in [0.2, 0.25) is 0 Å². The number of amides is 1. The smallest absolute Gasteiger partial charge is 0.236 e. The molecule has 1 heterocycles. The monoisotopic (exact) mass is 260 g/mol. The van der Waals surface area contributed by atoms with Gasteiger partial charge in [0.05, 0.1) is 11.8 Å². The highest BCUT2D eigenvalue weighted by Crippen LogP contribution is 2.08. The molecule has 98 valence electrons. The molecule has 2 N–H and O–H groups in total. The Kier molecular flexibility index (Phi) is 5.14. The van der Waals surface area contributed by atoms with E-state index >= 15 is 0 Å². The Hall–Kier alpha value is -0.880. The summed E-state index contributed by atoms with van der Waals surface area (Å²) in [5.74, 6) is -0.0457. The third kappa shape index (κ3) is 4.87. The first-order chi connectivity index (χ1) is 7.94. The van der Waals surface area contributed by atoms with Crippen LogP contribution in [0, 0.1) is 0 Å². The first-order valence-corrected chi connectivity index (χ1v) is 7.61. The second-order valence-corrected chi connectivity index (χ2v) is 6.23. The van der Waals surface area contributed by atoms with Gasteiger partial charge in [-0.2, -0.15) is 0 Å². The van der Waals surface area contributed by atoms with Crippen LogP contribution < -0.4 is 10.6 Å². The Labute approximate surface area is 103 Å². The molecule has 1 amide bonds. The van der Waals surface area contributed by atoms with Crippen LogP contribution in [-0.2, 0) is 14.6 Å². The number of sulfone groups is 1. The van der Waals surface area contributed by atoms with Crippen molar-refractivity contribution < 1.29 is 13.2 Å². The van der Waals surface area contributed by atoms with Crippen LogP contribution in [0.5, 0.6) is 0 Å². The van der Waals surface area contributed by atoms with E-state index in [1.54, 1.807) is 13.0 Å². The minimum Gasteiger partial charge on any atom is -0.355 e. The van der Waals surface area contributed by atoms with Gasteiger partial charge in [-0.05, 0) is 13.3 Å². The summed E-state index contributed by atoms with van der Waals surface area (Å²) in [6.45, 7) is 4.46. The van der Waals surface area contributed by atoms with Crippen LogP contribution >= 0.6 is 0 Å². The van der Waals surface area contributed by atoms with E-state index in [0.29, 0.717) is 6.54 Å². The van der Waals surface area contributed by atoms with Gasteiger partial charge in [-0.15, -0.1) is 0 Å². The van der Waals surface area contributed by atoms with Crippen LogP contribution in [0.15, 0.2) is 11.5 Å². The van der Waals surface area contributed by atoms with Crippen LogP contribution in [0.1, 0.15) is 26.7 Å². The van der Waals surface area contributed by atoms with Crippen molar-refractivity contribution in [2.45, 2.75) is 38.8 Å². The number of rotatable bonds is 6. The molecular formula is C11H20N2O3S. The van der Waals surface area contributed by atoms with E-state index in [1.807, 2.05) is 0 Å². The number of carbonyl (C=O) groups is 1. The van der Waals surface area contributed by atoms with Gasteiger partial charge in [0.2, 0.25) is 5.91 Å². The standard InChI is InChI=1S/C11H20N2O3S/c1-3-4-6-12-11(14)9(2)13-10-5-7-17(15,16)8-10/h5,7,9-10,13H,3-4,6,8H2,1-2H3,(H,12,14). The van der Waals surface area contributed by atoms with Crippen LogP contribution in [0.4, 0.5) is 0 Å². The van der Waals surface area contributed by atoms with Gasteiger partial charge in [-0.25, -0.2) is 8.42 Å². The summed E-state index contributed by atoms with van der Waals surface area (Å²) in [6, 6.07) is -0.637. The van der Waals surface area contributed by atoms with Gasteiger partial charge in [0.1, 0.15) is 0 Å². The number of hydrogen-bond donors (Lipinski definition) is 2. The molecule has 2 atom stereocenters. The largest absolute Gasteiger partial charge is 0.355 e. The van der Waals surface area contributed by atoms with Gasteiger partial charge in [-0.1, -0.05) is 19.4 Å². The van der Waals surface area contributed by atoms with Crippen molar-refractivity contribution in [3.05, 3.63) is 11.5 Å². The molecule has 0 bridgehead atoms. The normalized spacial score (nSPS) is 23.5. The van der Waals surface area contributed by atoms with Gasteiger partial charge < -0.3 is 5.32 Å². The van der Waals surface area contributed by atoms with Crippen molar-refractivity contribution >= 4 is 15.7 Å². The fourth-order valence-electron chi connectivity index (χ4n) is 1.62. The van der Waals surface area contributed by atoms with E-state index < -0.39 is 9.84 Å². The first kappa shape index (κ1) is 14.2. The minimum absolute atomic E-state index is 0.0413. The summed E-state index contributed by atoms with van der Waals surface area (Å²) in [7, 11) is -3.06. The maximum Gasteiger partial charge on any atom is 0.236 e. The van der Waals surface area contributed by atoms with Crippen molar-refractivity contribution in [2.24, 2.45) is 0 Å². The van der Waals surface area contributed by atoms with E-state index in [1.165, 1.54) is 5.41 Å². The molecule has 0 saturated carbocycles. The van der Waals surface area contributed by atoms with Crippen molar-refractivity contribution in [1.29, 1.82) is 0 Å². The molecule has 0 fully saturated rings. The Morgan fingerprint density at radius 2 is 2.24 bits per heavy atom. The third-order valence-electron chi connectivity index (χ3n) is 2.62. The molecule has 0 radical (unpaired) electrons. The lowest BCUT2D eigenvalue weighted by Crippen LogP contribution is -2.47. The Morgan fingerprint density at radius 1 is 1.53 bits per heavy atom. The lowest BCUT2D eigenvalue weighted by atomic mass is 10.2. The summed E-state index contributed by atoms with van der Waals surface area (Å²) in [4.78, 5) is 11.6. The highest BCUT2D eigenvalue weighted by atomic mass is 32.2. The molecule has 5 nitrogen and oxygen atoms in total. The summed E-state index contributed by atoms with van der Waals surface area (Å²) in [5.41, 5.74) is 0.